The van der Waals surface area contributed by atoms with E-state index in [0.717, 1.165) is 11.3 Å². The van der Waals surface area contributed by atoms with Gasteiger partial charge in [-0.2, -0.15) is 0 Å². The van der Waals surface area contributed by atoms with Gasteiger partial charge in [0, 0.05) is 11.8 Å². The number of rotatable bonds is 4. The topological polar surface area (TPSA) is 42.5 Å². The van der Waals surface area contributed by atoms with Gasteiger partial charge in [-0.05, 0) is 37.6 Å². The molecule has 0 aliphatic carbocycles. The molecule has 0 heterocycles. The van der Waals surface area contributed by atoms with E-state index in [4.69, 9.17) is 33.9 Å². The van der Waals surface area contributed by atoms with Crippen LogP contribution in [-0.2, 0) is 0 Å². The van der Waals surface area contributed by atoms with Gasteiger partial charge in [-0.15, -0.1) is 0 Å². The van der Waals surface area contributed by atoms with E-state index in [1.807, 2.05) is 37.3 Å². The van der Waals surface area contributed by atoms with Gasteiger partial charge in [-0.1, -0.05) is 42.1 Å². The van der Waals surface area contributed by atoms with E-state index in [2.05, 4.69) is 23.6 Å². The van der Waals surface area contributed by atoms with E-state index in [1.54, 1.807) is 14.2 Å². The second-order valence-electron chi connectivity index (χ2n) is 5.29. The van der Waals surface area contributed by atoms with Crippen LogP contribution in [0.4, 0.5) is 11.4 Å². The minimum atomic E-state index is 0.413. The summed E-state index contributed by atoms with van der Waals surface area (Å²) in [5.74, 6) is 1.36. The summed E-state index contributed by atoms with van der Waals surface area (Å²) < 4.78 is 10.6. The van der Waals surface area contributed by atoms with Crippen LogP contribution in [0.2, 0.25) is 0 Å². The Bertz CT molecular complexity index is 776. The number of aryl methyl sites for hydroxylation is 2. The van der Waals surface area contributed by atoms with Crippen molar-refractivity contribution in [3.05, 3.63) is 47.5 Å². The Hall–Kier alpha value is -2.18. The van der Waals surface area contributed by atoms with Crippen LogP contribution >= 0.6 is 24.4 Å². The molecule has 126 valence electrons. The Morgan fingerprint density at radius 3 is 2.08 bits per heavy atom. The second kappa shape index (κ2) is 8.08. The number of hydrogen-bond acceptors (Lipinski definition) is 4. The maximum absolute atomic E-state index is 5.40. The highest BCUT2D eigenvalue weighted by Gasteiger charge is 2.11. The second-order valence-corrected chi connectivity index (χ2v) is 6.11. The molecule has 24 heavy (non-hydrogen) atoms. The van der Waals surface area contributed by atoms with Crippen molar-refractivity contribution in [1.82, 2.24) is 0 Å². The Morgan fingerprint density at radius 1 is 0.833 bits per heavy atom. The maximum Gasteiger partial charge on any atom is 0.142 e. The molecule has 2 aromatic rings. The molecule has 0 bridgehead atoms. The summed E-state index contributed by atoms with van der Waals surface area (Å²) in [7, 11) is 3.21. The normalized spacial score (nSPS) is 10.0. The Labute approximate surface area is 153 Å². The zero-order valence-electron chi connectivity index (χ0n) is 14.1. The van der Waals surface area contributed by atoms with Gasteiger partial charge < -0.3 is 20.1 Å². The molecule has 0 radical (unpaired) electrons. The Morgan fingerprint density at radius 2 is 1.50 bits per heavy atom. The fourth-order valence-corrected chi connectivity index (χ4v) is 2.55. The third kappa shape index (κ3) is 4.43. The summed E-state index contributed by atoms with van der Waals surface area (Å²) in [4.78, 5) is 0.860. The molecule has 0 spiro atoms. The van der Waals surface area contributed by atoms with Crippen molar-refractivity contribution in [2.24, 2.45) is 0 Å². The molecule has 0 saturated heterocycles. The van der Waals surface area contributed by atoms with Gasteiger partial charge in [0.25, 0.3) is 0 Å². The summed E-state index contributed by atoms with van der Waals surface area (Å²) >= 11 is 10.8. The van der Waals surface area contributed by atoms with E-state index >= 15 is 0 Å². The third-order valence-electron chi connectivity index (χ3n) is 3.49. The van der Waals surface area contributed by atoms with Crippen molar-refractivity contribution < 1.29 is 9.47 Å². The molecular weight excluding hydrogens is 340 g/mol. The quantitative estimate of drug-likeness (QED) is 0.783. The first kappa shape index (κ1) is 18.2. The molecule has 0 unspecified atom stereocenters. The molecule has 0 saturated carbocycles. The number of methoxy groups -OCH3 is 2. The fraction of sp³-hybridized carbons (Fsp3) is 0.222. The molecule has 6 heteroatoms. The maximum atomic E-state index is 5.40. The van der Waals surface area contributed by atoms with Crippen LogP contribution < -0.4 is 20.1 Å². The van der Waals surface area contributed by atoms with Gasteiger partial charge in [0.05, 0.1) is 19.9 Å². The van der Waals surface area contributed by atoms with Crippen molar-refractivity contribution in [3.8, 4) is 11.5 Å². The molecule has 0 aliphatic heterocycles. The molecule has 0 fully saturated rings. The van der Waals surface area contributed by atoms with E-state index < -0.39 is 0 Å². The van der Waals surface area contributed by atoms with E-state index in [0.29, 0.717) is 27.2 Å². The lowest BCUT2D eigenvalue weighted by Gasteiger charge is -2.16. The molecule has 0 aromatic heterocycles. The predicted molar refractivity (Wildman–Crippen MR) is 108 cm³/mol. The van der Waals surface area contributed by atoms with Gasteiger partial charge in [0.1, 0.15) is 21.5 Å². The lowest BCUT2D eigenvalue weighted by Crippen LogP contribution is -2.26. The minimum absolute atomic E-state index is 0.413. The van der Waals surface area contributed by atoms with Crippen LogP contribution in [0.15, 0.2) is 36.4 Å². The standard InChI is InChI=1S/C18H20N2O2S2/c1-11-5-7-14(12(2)9-11)19-17(23)18(24)20-15-10-13(21-3)6-8-16(15)22-4/h5-10H,1-4H3,(H,19,23)(H,20,24). The number of nitrogens with one attached hydrogen (secondary N) is 2. The van der Waals surface area contributed by atoms with Crippen molar-refractivity contribution in [2.75, 3.05) is 24.9 Å². The van der Waals surface area contributed by atoms with Crippen LogP contribution in [-0.4, -0.2) is 24.2 Å². The van der Waals surface area contributed by atoms with Gasteiger partial charge in [-0.3, -0.25) is 0 Å². The summed E-state index contributed by atoms with van der Waals surface area (Å²) in [5, 5.41) is 6.29. The summed E-state index contributed by atoms with van der Waals surface area (Å²) in [6.07, 6.45) is 0. The van der Waals surface area contributed by atoms with Crippen LogP contribution in [0.3, 0.4) is 0 Å². The molecule has 4 nitrogen and oxygen atoms in total. The molecule has 2 N–H and O–H groups in total. The first-order chi connectivity index (χ1) is 11.4. The highest BCUT2D eigenvalue weighted by molar-refractivity contribution is 7.89. The Balaban J connectivity index is 2.13. The SMILES string of the molecule is COc1ccc(OC)c(NC(=S)C(=S)Nc2ccc(C)cc2C)c1. The molecule has 0 amide bonds. The van der Waals surface area contributed by atoms with Crippen LogP contribution in [0, 0.1) is 13.8 Å². The summed E-state index contributed by atoms with van der Waals surface area (Å²) in [6, 6.07) is 11.5. The Kier molecular flexibility index (Phi) is 6.11. The third-order valence-corrected chi connectivity index (χ3v) is 4.23. The molecular formula is C18H20N2O2S2. The number of hydrogen-bond donors (Lipinski definition) is 2. The first-order valence-corrected chi connectivity index (χ1v) is 8.18. The minimum Gasteiger partial charge on any atom is -0.497 e. The van der Waals surface area contributed by atoms with Gasteiger partial charge in [-0.25, -0.2) is 0 Å². The fourth-order valence-electron chi connectivity index (χ4n) is 2.22. The number of benzene rings is 2. The van der Waals surface area contributed by atoms with Crippen molar-refractivity contribution >= 4 is 45.8 Å². The number of ether oxygens (including phenoxy) is 2. The largest absolute Gasteiger partial charge is 0.497 e. The summed E-state index contributed by atoms with van der Waals surface area (Å²) in [5.41, 5.74) is 3.95. The van der Waals surface area contributed by atoms with Crippen LogP contribution in [0.1, 0.15) is 11.1 Å². The highest BCUT2D eigenvalue weighted by Crippen LogP contribution is 2.29. The first-order valence-electron chi connectivity index (χ1n) is 7.36. The monoisotopic (exact) mass is 360 g/mol. The number of anilines is 2. The zero-order valence-corrected chi connectivity index (χ0v) is 15.7. The van der Waals surface area contributed by atoms with Gasteiger partial charge >= 0.3 is 0 Å². The predicted octanol–water partition coefficient (Wildman–Crippen LogP) is 4.50. The number of thiocarbonyl (C=S) groups is 2. The lowest BCUT2D eigenvalue weighted by atomic mass is 10.1. The average Bonchev–Trinajstić information content (AvgIpc) is 2.57. The van der Waals surface area contributed by atoms with E-state index in [9.17, 15) is 0 Å². The van der Waals surface area contributed by atoms with Gasteiger partial charge in [0.15, 0.2) is 0 Å². The van der Waals surface area contributed by atoms with Gasteiger partial charge in [0.2, 0.25) is 0 Å². The van der Waals surface area contributed by atoms with E-state index in [1.165, 1.54) is 5.56 Å². The van der Waals surface area contributed by atoms with Crippen molar-refractivity contribution in [2.45, 2.75) is 13.8 Å². The highest BCUT2D eigenvalue weighted by atomic mass is 32.1. The molecule has 0 aliphatic rings. The summed E-state index contributed by atoms with van der Waals surface area (Å²) in [6.45, 7) is 4.08. The van der Waals surface area contributed by atoms with Crippen LogP contribution in [0.5, 0.6) is 11.5 Å². The van der Waals surface area contributed by atoms with Crippen LogP contribution in [0.25, 0.3) is 0 Å². The van der Waals surface area contributed by atoms with E-state index in [-0.39, 0.29) is 0 Å². The zero-order chi connectivity index (χ0) is 17.7. The molecule has 0 atom stereocenters. The lowest BCUT2D eigenvalue weighted by molar-refractivity contribution is 0.405. The smallest absolute Gasteiger partial charge is 0.142 e. The molecule has 2 aromatic carbocycles. The molecule has 2 rings (SSSR count). The van der Waals surface area contributed by atoms with Crippen molar-refractivity contribution in [1.29, 1.82) is 0 Å². The average molecular weight is 361 g/mol. The van der Waals surface area contributed by atoms with Crippen molar-refractivity contribution in [3.63, 3.8) is 0 Å².